The summed E-state index contributed by atoms with van der Waals surface area (Å²) >= 11 is 6.03. The van der Waals surface area contributed by atoms with Gasteiger partial charge in [-0.2, -0.15) is 0 Å². The van der Waals surface area contributed by atoms with Gasteiger partial charge in [-0.1, -0.05) is 11.6 Å². The molecule has 1 heterocycles. The van der Waals surface area contributed by atoms with Gasteiger partial charge in [-0.25, -0.2) is 8.42 Å². The predicted octanol–water partition coefficient (Wildman–Crippen LogP) is 1.68. The quantitative estimate of drug-likeness (QED) is 0.923. The molecule has 106 valence electrons. The maximum Gasteiger partial charge on any atom is 0.152 e. The summed E-state index contributed by atoms with van der Waals surface area (Å²) in [5.41, 5.74) is 2.19. The maximum atomic E-state index is 11.7. The van der Waals surface area contributed by atoms with E-state index in [0.717, 1.165) is 24.3 Å². The minimum absolute atomic E-state index is 0.231. The first kappa shape index (κ1) is 14.6. The minimum atomic E-state index is -2.88. The number of nitrogens with one attached hydrogen (secondary N) is 1. The van der Waals surface area contributed by atoms with Gasteiger partial charge in [0.05, 0.1) is 11.5 Å². The molecule has 1 fully saturated rings. The third-order valence-electron chi connectivity index (χ3n) is 3.31. The molecule has 0 aromatic heterocycles. The summed E-state index contributed by atoms with van der Waals surface area (Å²) in [6.07, 6.45) is 0.684. The summed E-state index contributed by atoms with van der Waals surface area (Å²) in [6, 6.07) is 5.77. The van der Waals surface area contributed by atoms with E-state index in [1.165, 1.54) is 0 Å². The van der Waals surface area contributed by atoms with Crippen LogP contribution >= 0.6 is 11.6 Å². The maximum absolute atomic E-state index is 11.7. The van der Waals surface area contributed by atoms with Crippen LogP contribution in [0.15, 0.2) is 18.2 Å². The molecular formula is C13H19ClN2O2S. The van der Waals surface area contributed by atoms with Gasteiger partial charge in [0.1, 0.15) is 0 Å². The van der Waals surface area contributed by atoms with E-state index in [1.54, 1.807) is 0 Å². The summed E-state index contributed by atoms with van der Waals surface area (Å²) < 4.78 is 23.3. The minimum Gasteiger partial charge on any atom is -0.370 e. The molecule has 0 aliphatic carbocycles. The largest absolute Gasteiger partial charge is 0.370 e. The zero-order valence-corrected chi connectivity index (χ0v) is 12.6. The van der Waals surface area contributed by atoms with E-state index < -0.39 is 9.84 Å². The first-order valence-corrected chi connectivity index (χ1v) is 8.60. The van der Waals surface area contributed by atoms with Crippen LogP contribution in [-0.2, 0) is 16.4 Å². The molecule has 4 nitrogen and oxygen atoms in total. The van der Waals surface area contributed by atoms with E-state index in [0.29, 0.717) is 23.7 Å². The summed E-state index contributed by atoms with van der Waals surface area (Å²) in [6.45, 7) is 2.05. The van der Waals surface area contributed by atoms with Gasteiger partial charge in [0.25, 0.3) is 0 Å². The summed E-state index contributed by atoms with van der Waals surface area (Å²) in [5.74, 6) is 0.521. The van der Waals surface area contributed by atoms with E-state index >= 15 is 0 Å². The van der Waals surface area contributed by atoms with Crippen molar-refractivity contribution in [2.75, 3.05) is 36.5 Å². The highest BCUT2D eigenvalue weighted by atomic mass is 35.5. The SMILES string of the molecule is CNCc1cc(Cl)ccc1N1CCCS(=O)(=O)CC1. The number of rotatable bonds is 3. The third-order valence-corrected chi connectivity index (χ3v) is 5.26. The molecule has 1 aliphatic rings. The van der Waals surface area contributed by atoms with Gasteiger partial charge in [-0.05, 0) is 37.2 Å². The predicted molar refractivity (Wildman–Crippen MR) is 79.7 cm³/mol. The fourth-order valence-electron chi connectivity index (χ4n) is 2.37. The van der Waals surface area contributed by atoms with E-state index in [9.17, 15) is 8.42 Å². The Bertz CT molecular complexity index is 546. The van der Waals surface area contributed by atoms with E-state index in [4.69, 9.17) is 11.6 Å². The number of hydrogen-bond acceptors (Lipinski definition) is 4. The fourth-order valence-corrected chi connectivity index (χ4v) is 3.84. The van der Waals surface area contributed by atoms with Crippen molar-refractivity contribution in [3.8, 4) is 0 Å². The Morgan fingerprint density at radius 2 is 2.11 bits per heavy atom. The lowest BCUT2D eigenvalue weighted by Crippen LogP contribution is -2.28. The van der Waals surface area contributed by atoms with Crippen LogP contribution in [0, 0.1) is 0 Å². The third kappa shape index (κ3) is 3.84. The van der Waals surface area contributed by atoms with Gasteiger partial charge in [-0.15, -0.1) is 0 Å². The van der Waals surface area contributed by atoms with Gasteiger partial charge in [0.15, 0.2) is 9.84 Å². The van der Waals surface area contributed by atoms with Crippen LogP contribution in [0.1, 0.15) is 12.0 Å². The molecule has 2 rings (SSSR count). The van der Waals surface area contributed by atoms with Crippen molar-refractivity contribution in [3.05, 3.63) is 28.8 Å². The summed E-state index contributed by atoms with van der Waals surface area (Å²) in [4.78, 5) is 2.15. The molecule has 0 saturated carbocycles. The number of hydrogen-bond donors (Lipinski definition) is 1. The van der Waals surface area contributed by atoms with Crippen LogP contribution in [0.5, 0.6) is 0 Å². The molecule has 0 amide bonds. The molecule has 0 bridgehead atoms. The molecule has 6 heteroatoms. The standard InChI is InChI=1S/C13H19ClN2O2S/c1-15-10-11-9-12(14)3-4-13(11)16-5-2-7-19(17,18)8-6-16/h3-4,9,15H,2,5-8,10H2,1H3. The van der Waals surface area contributed by atoms with Gasteiger partial charge in [0.2, 0.25) is 0 Å². The highest BCUT2D eigenvalue weighted by molar-refractivity contribution is 7.91. The smallest absolute Gasteiger partial charge is 0.152 e. The number of halogens is 1. The highest BCUT2D eigenvalue weighted by Crippen LogP contribution is 2.25. The lowest BCUT2D eigenvalue weighted by Gasteiger charge is -2.25. The molecule has 0 unspecified atom stereocenters. The van der Waals surface area contributed by atoms with Crippen molar-refractivity contribution in [3.63, 3.8) is 0 Å². The van der Waals surface area contributed by atoms with Gasteiger partial charge in [-0.3, -0.25) is 0 Å². The lowest BCUT2D eigenvalue weighted by molar-refractivity contribution is 0.597. The normalized spacial score (nSPS) is 19.2. The number of anilines is 1. The van der Waals surface area contributed by atoms with Crippen molar-refractivity contribution in [1.82, 2.24) is 5.32 Å². The van der Waals surface area contributed by atoms with Gasteiger partial charge >= 0.3 is 0 Å². The molecule has 1 N–H and O–H groups in total. The van der Waals surface area contributed by atoms with E-state index in [1.807, 2.05) is 25.2 Å². The molecule has 0 spiro atoms. The van der Waals surface area contributed by atoms with Crippen molar-refractivity contribution in [2.24, 2.45) is 0 Å². The van der Waals surface area contributed by atoms with E-state index in [-0.39, 0.29) is 5.75 Å². The summed E-state index contributed by atoms with van der Waals surface area (Å²) in [5, 5.41) is 3.82. The molecule has 0 atom stereocenters. The van der Waals surface area contributed by atoms with Crippen molar-refractivity contribution in [2.45, 2.75) is 13.0 Å². The van der Waals surface area contributed by atoms with Crippen molar-refractivity contribution >= 4 is 27.1 Å². The van der Waals surface area contributed by atoms with Crippen LogP contribution in [0.3, 0.4) is 0 Å². The second-order valence-electron chi connectivity index (χ2n) is 4.80. The van der Waals surface area contributed by atoms with Crippen molar-refractivity contribution < 1.29 is 8.42 Å². The van der Waals surface area contributed by atoms with Gasteiger partial charge in [0, 0.05) is 30.3 Å². The molecule has 1 aliphatic heterocycles. The van der Waals surface area contributed by atoms with Gasteiger partial charge < -0.3 is 10.2 Å². The Kier molecular flexibility index (Phi) is 4.71. The zero-order chi connectivity index (χ0) is 13.9. The van der Waals surface area contributed by atoms with Crippen LogP contribution < -0.4 is 10.2 Å². The number of sulfone groups is 1. The van der Waals surface area contributed by atoms with Crippen LogP contribution in [0.25, 0.3) is 0 Å². The Balaban J connectivity index is 2.25. The van der Waals surface area contributed by atoms with Crippen molar-refractivity contribution in [1.29, 1.82) is 0 Å². The molecule has 1 aromatic rings. The van der Waals surface area contributed by atoms with Crippen LogP contribution in [0.4, 0.5) is 5.69 Å². The average molecular weight is 303 g/mol. The summed E-state index contributed by atoms with van der Waals surface area (Å²) in [7, 11) is -0.990. The van der Waals surface area contributed by atoms with Crippen LogP contribution in [-0.4, -0.2) is 40.1 Å². The topological polar surface area (TPSA) is 49.4 Å². The second-order valence-corrected chi connectivity index (χ2v) is 7.54. The Morgan fingerprint density at radius 1 is 1.32 bits per heavy atom. The molecule has 1 aromatic carbocycles. The Hall–Kier alpha value is -0.780. The molecular weight excluding hydrogens is 284 g/mol. The first-order valence-electron chi connectivity index (χ1n) is 6.40. The fraction of sp³-hybridized carbons (Fsp3) is 0.538. The first-order chi connectivity index (χ1) is 9.02. The monoisotopic (exact) mass is 302 g/mol. The highest BCUT2D eigenvalue weighted by Gasteiger charge is 2.20. The second kappa shape index (κ2) is 6.11. The number of benzene rings is 1. The molecule has 19 heavy (non-hydrogen) atoms. The van der Waals surface area contributed by atoms with E-state index in [2.05, 4.69) is 10.2 Å². The number of nitrogens with zero attached hydrogens (tertiary/aromatic N) is 1. The lowest BCUT2D eigenvalue weighted by atomic mass is 10.1. The Labute approximate surface area is 119 Å². The molecule has 1 saturated heterocycles. The Morgan fingerprint density at radius 3 is 2.84 bits per heavy atom. The van der Waals surface area contributed by atoms with Crippen LogP contribution in [0.2, 0.25) is 5.02 Å². The zero-order valence-electron chi connectivity index (χ0n) is 11.0. The average Bonchev–Trinajstić information content (AvgIpc) is 2.51. The molecule has 0 radical (unpaired) electrons.